The van der Waals surface area contributed by atoms with Gasteiger partial charge in [0.1, 0.15) is 5.75 Å². The molecule has 0 saturated heterocycles. The van der Waals surface area contributed by atoms with Crippen LogP contribution in [-0.4, -0.2) is 12.5 Å². The Bertz CT molecular complexity index is 699. The van der Waals surface area contributed by atoms with Crippen molar-refractivity contribution in [3.05, 3.63) is 65.2 Å². The van der Waals surface area contributed by atoms with Crippen LogP contribution in [0.5, 0.6) is 5.75 Å². The largest absolute Gasteiger partial charge is 0.497 e. The molecule has 2 aromatic rings. The summed E-state index contributed by atoms with van der Waals surface area (Å²) in [5.74, 6) is 1.96. The Hall–Kier alpha value is -1.47. The minimum Gasteiger partial charge on any atom is -0.497 e. The molecule has 3 unspecified atom stereocenters. The smallest absolute Gasteiger partial charge is 0.119 e. The van der Waals surface area contributed by atoms with Gasteiger partial charge in [0, 0.05) is 11.3 Å². The Morgan fingerprint density at radius 3 is 2.40 bits per heavy atom. The first-order valence-corrected chi connectivity index (χ1v) is 9.69. The lowest BCUT2D eigenvalue weighted by molar-refractivity contribution is 0.413. The van der Waals surface area contributed by atoms with Crippen LogP contribution in [0.15, 0.2) is 48.5 Å². The number of rotatable bonds is 4. The minimum absolute atomic E-state index is 0.189. The molecule has 0 radical (unpaired) electrons. The van der Waals surface area contributed by atoms with E-state index in [1.54, 1.807) is 7.11 Å². The number of hydrogen-bond donors (Lipinski definition) is 0. The van der Waals surface area contributed by atoms with E-state index in [0.717, 1.165) is 18.6 Å². The van der Waals surface area contributed by atoms with E-state index in [0.29, 0.717) is 11.8 Å². The molecule has 1 aliphatic rings. The highest BCUT2D eigenvalue weighted by molar-refractivity contribution is 6.21. The lowest BCUT2D eigenvalue weighted by atomic mass is 9.82. The van der Waals surface area contributed by atoms with Gasteiger partial charge in [-0.3, -0.25) is 0 Å². The van der Waals surface area contributed by atoms with Gasteiger partial charge in [0.2, 0.25) is 0 Å². The van der Waals surface area contributed by atoms with Gasteiger partial charge in [0.15, 0.2) is 0 Å². The van der Waals surface area contributed by atoms with Gasteiger partial charge in [-0.1, -0.05) is 57.2 Å². The van der Waals surface area contributed by atoms with Gasteiger partial charge in [-0.25, -0.2) is 0 Å². The third-order valence-corrected chi connectivity index (χ3v) is 5.99. The first-order valence-electron chi connectivity index (χ1n) is 9.26. The predicted octanol–water partition coefficient (Wildman–Crippen LogP) is 6.34. The normalized spacial score (nSPS) is 23.6. The number of ether oxygens (including phenoxy) is 1. The molecular weight excluding hydrogens is 328 g/mol. The molecule has 0 aliphatic heterocycles. The van der Waals surface area contributed by atoms with Gasteiger partial charge in [-0.05, 0) is 59.4 Å². The Kier molecular flexibility index (Phi) is 5.43. The fourth-order valence-electron chi connectivity index (χ4n) is 4.05. The van der Waals surface area contributed by atoms with Crippen molar-refractivity contribution in [1.82, 2.24) is 0 Å². The van der Waals surface area contributed by atoms with Crippen molar-refractivity contribution in [2.24, 2.45) is 5.92 Å². The fourth-order valence-corrected chi connectivity index (χ4v) is 4.52. The standard InChI is InChI=1S/C23H29ClO/c1-23(2,3)19-11-8-17(9-12-19)22-18(10-13-21(22)24)14-16-6-5-7-20(15-16)25-4/h5-9,11-12,15,18,21-22H,10,13-14H2,1-4H3. The van der Waals surface area contributed by atoms with Crippen LogP contribution in [0.2, 0.25) is 0 Å². The summed E-state index contributed by atoms with van der Waals surface area (Å²) in [6.07, 6.45) is 3.35. The summed E-state index contributed by atoms with van der Waals surface area (Å²) in [5.41, 5.74) is 4.30. The highest BCUT2D eigenvalue weighted by Gasteiger charge is 2.36. The second kappa shape index (κ2) is 7.41. The van der Waals surface area contributed by atoms with E-state index >= 15 is 0 Å². The molecule has 1 fully saturated rings. The predicted molar refractivity (Wildman–Crippen MR) is 107 cm³/mol. The number of methoxy groups -OCH3 is 1. The number of alkyl halides is 1. The van der Waals surface area contributed by atoms with Crippen LogP contribution in [-0.2, 0) is 11.8 Å². The number of benzene rings is 2. The summed E-state index contributed by atoms with van der Waals surface area (Å²) >= 11 is 6.74. The molecule has 1 aliphatic carbocycles. The summed E-state index contributed by atoms with van der Waals surface area (Å²) < 4.78 is 5.37. The highest BCUT2D eigenvalue weighted by atomic mass is 35.5. The molecule has 0 bridgehead atoms. The van der Waals surface area contributed by atoms with Gasteiger partial charge < -0.3 is 4.74 Å². The zero-order valence-electron chi connectivity index (χ0n) is 15.8. The maximum atomic E-state index is 6.74. The Labute approximate surface area is 157 Å². The Balaban J connectivity index is 1.80. The SMILES string of the molecule is COc1cccc(CC2CCC(Cl)C2c2ccc(C(C)(C)C)cc2)c1. The topological polar surface area (TPSA) is 9.23 Å². The second-order valence-electron chi connectivity index (χ2n) is 8.31. The minimum atomic E-state index is 0.189. The van der Waals surface area contributed by atoms with Crippen LogP contribution in [0.4, 0.5) is 0 Å². The molecular formula is C23H29ClO. The molecule has 3 atom stereocenters. The van der Waals surface area contributed by atoms with Gasteiger partial charge in [0.05, 0.1) is 7.11 Å². The van der Waals surface area contributed by atoms with Crippen molar-refractivity contribution in [2.45, 2.75) is 56.7 Å². The van der Waals surface area contributed by atoms with Crippen LogP contribution in [0, 0.1) is 5.92 Å². The van der Waals surface area contributed by atoms with Crippen LogP contribution < -0.4 is 4.74 Å². The summed E-state index contributed by atoms with van der Waals surface area (Å²) in [6.45, 7) is 6.77. The molecule has 0 heterocycles. The van der Waals surface area contributed by atoms with Crippen LogP contribution in [0.3, 0.4) is 0 Å². The van der Waals surface area contributed by atoms with Crippen LogP contribution in [0.25, 0.3) is 0 Å². The monoisotopic (exact) mass is 356 g/mol. The zero-order valence-corrected chi connectivity index (χ0v) is 16.5. The molecule has 1 nitrogen and oxygen atoms in total. The average molecular weight is 357 g/mol. The third-order valence-electron chi connectivity index (χ3n) is 5.50. The summed E-state index contributed by atoms with van der Waals surface area (Å²) in [4.78, 5) is 0. The van der Waals surface area contributed by atoms with Crippen molar-refractivity contribution in [2.75, 3.05) is 7.11 Å². The van der Waals surface area contributed by atoms with E-state index < -0.39 is 0 Å². The summed E-state index contributed by atoms with van der Waals surface area (Å²) in [7, 11) is 1.73. The molecule has 0 amide bonds. The van der Waals surface area contributed by atoms with Gasteiger partial charge in [-0.15, -0.1) is 11.6 Å². The third kappa shape index (κ3) is 4.20. The van der Waals surface area contributed by atoms with E-state index in [-0.39, 0.29) is 10.8 Å². The van der Waals surface area contributed by atoms with E-state index in [1.165, 1.54) is 23.1 Å². The highest BCUT2D eigenvalue weighted by Crippen LogP contribution is 2.45. The molecule has 0 N–H and O–H groups in total. The van der Waals surface area contributed by atoms with E-state index in [1.807, 2.05) is 6.07 Å². The van der Waals surface area contributed by atoms with Gasteiger partial charge in [-0.2, -0.15) is 0 Å². The number of hydrogen-bond acceptors (Lipinski definition) is 1. The molecule has 134 valence electrons. The molecule has 3 rings (SSSR count). The van der Waals surface area contributed by atoms with Crippen molar-refractivity contribution in [3.8, 4) is 5.75 Å². The molecule has 25 heavy (non-hydrogen) atoms. The summed E-state index contributed by atoms with van der Waals surface area (Å²) in [6, 6.07) is 17.6. The average Bonchev–Trinajstić information content (AvgIpc) is 2.95. The van der Waals surface area contributed by atoms with Crippen LogP contribution in [0.1, 0.15) is 56.2 Å². The van der Waals surface area contributed by atoms with Crippen LogP contribution >= 0.6 is 11.6 Å². The van der Waals surface area contributed by atoms with E-state index in [2.05, 4.69) is 63.2 Å². The summed E-state index contributed by atoms with van der Waals surface area (Å²) in [5, 5.41) is 0.232. The van der Waals surface area contributed by atoms with E-state index in [9.17, 15) is 0 Å². The van der Waals surface area contributed by atoms with Gasteiger partial charge in [0.25, 0.3) is 0 Å². The zero-order chi connectivity index (χ0) is 18.0. The first kappa shape index (κ1) is 18.3. The Morgan fingerprint density at radius 1 is 1.04 bits per heavy atom. The molecule has 0 spiro atoms. The molecule has 0 aromatic heterocycles. The molecule has 2 aromatic carbocycles. The maximum Gasteiger partial charge on any atom is 0.119 e. The van der Waals surface area contributed by atoms with Crippen molar-refractivity contribution < 1.29 is 4.74 Å². The molecule has 2 heteroatoms. The second-order valence-corrected chi connectivity index (χ2v) is 8.87. The van der Waals surface area contributed by atoms with Crippen molar-refractivity contribution in [3.63, 3.8) is 0 Å². The first-order chi connectivity index (χ1) is 11.9. The fraction of sp³-hybridized carbons (Fsp3) is 0.478. The Morgan fingerprint density at radius 2 is 1.76 bits per heavy atom. The maximum absolute atomic E-state index is 6.74. The number of halogens is 1. The quantitative estimate of drug-likeness (QED) is 0.581. The van der Waals surface area contributed by atoms with E-state index in [4.69, 9.17) is 16.3 Å². The van der Waals surface area contributed by atoms with Crippen molar-refractivity contribution in [1.29, 1.82) is 0 Å². The molecule has 1 saturated carbocycles. The van der Waals surface area contributed by atoms with Gasteiger partial charge >= 0.3 is 0 Å². The van der Waals surface area contributed by atoms with Crippen molar-refractivity contribution >= 4 is 11.6 Å². The lowest BCUT2D eigenvalue weighted by Crippen LogP contribution is -2.16. The lowest BCUT2D eigenvalue weighted by Gasteiger charge is -2.25.